The number of hydrogen-bond acceptors (Lipinski definition) is 2. The molecular weight excluding hydrogens is 360 g/mol. The highest BCUT2D eigenvalue weighted by Gasteiger charge is 2.39. The number of rotatable bonds is 7. The summed E-state index contributed by atoms with van der Waals surface area (Å²) in [5.74, 6) is 1.40. The molecule has 5 nitrogen and oxygen atoms in total. The average Bonchev–Trinajstić information content (AvgIpc) is 3.15. The van der Waals surface area contributed by atoms with E-state index in [2.05, 4.69) is 103 Å². The van der Waals surface area contributed by atoms with E-state index in [1.165, 1.54) is 17.0 Å². The van der Waals surface area contributed by atoms with Gasteiger partial charge in [0.15, 0.2) is 6.54 Å². The molecule has 5 heteroatoms. The van der Waals surface area contributed by atoms with E-state index in [1.54, 1.807) is 7.11 Å². The van der Waals surface area contributed by atoms with Crippen molar-refractivity contribution < 1.29 is 9.42 Å². The van der Waals surface area contributed by atoms with Gasteiger partial charge in [0.05, 0.1) is 30.5 Å². The van der Waals surface area contributed by atoms with Crippen LogP contribution in [0.3, 0.4) is 0 Å². The number of nitrogens with zero attached hydrogens (tertiary/aromatic N) is 4. The first kappa shape index (κ1) is 23.5. The molecule has 2 aromatic rings. The molecule has 0 fully saturated rings. The highest BCUT2D eigenvalue weighted by Crippen LogP contribution is 2.35. The molecule has 0 aliphatic carbocycles. The van der Waals surface area contributed by atoms with E-state index in [1.807, 2.05) is 0 Å². The molecular formula is C24H43N4O+. The summed E-state index contributed by atoms with van der Waals surface area (Å²) in [5.41, 5.74) is 3.83. The third-order valence-electron chi connectivity index (χ3n) is 5.56. The third kappa shape index (κ3) is 4.54. The first-order chi connectivity index (χ1) is 13.2. The van der Waals surface area contributed by atoms with Crippen molar-refractivity contribution in [3.63, 3.8) is 0 Å². The average molecular weight is 404 g/mol. The number of methoxy groups -OCH3 is 1. The largest absolute Gasteiger partial charge is 0.489 e. The zero-order valence-corrected chi connectivity index (χ0v) is 20.8. The van der Waals surface area contributed by atoms with Gasteiger partial charge in [0.2, 0.25) is 11.9 Å². The fraction of sp³-hybridized carbons (Fsp3) is 0.750. The molecule has 0 aliphatic heterocycles. The molecule has 0 bridgehead atoms. The van der Waals surface area contributed by atoms with Gasteiger partial charge >= 0.3 is 0 Å². The molecule has 0 radical (unpaired) electrons. The van der Waals surface area contributed by atoms with Crippen molar-refractivity contribution in [2.45, 2.75) is 112 Å². The van der Waals surface area contributed by atoms with Crippen LogP contribution in [0, 0.1) is 0 Å². The van der Waals surface area contributed by atoms with Crippen LogP contribution in [-0.2, 0) is 17.4 Å². The van der Waals surface area contributed by atoms with Crippen molar-refractivity contribution >= 4 is 0 Å². The van der Waals surface area contributed by atoms with Crippen molar-refractivity contribution in [3.8, 4) is 5.75 Å². The summed E-state index contributed by atoms with van der Waals surface area (Å²) in [7, 11) is 1.77. The summed E-state index contributed by atoms with van der Waals surface area (Å²) in [4.78, 5) is 0. The highest BCUT2D eigenvalue weighted by atomic mass is 16.5. The minimum atomic E-state index is -0.0871. The second-order valence-electron chi connectivity index (χ2n) is 10.9. The standard InChI is InChI=1S/C24H43N4O/c1-16(2)19-13-25-27(17(3)4)21(19)24(10,11)15-26-14-20(29-12)22(23(7,8)9)28(26)18(5)6/h13-14,16-18H,15H2,1-12H3/q+1. The van der Waals surface area contributed by atoms with Crippen LogP contribution in [-0.4, -0.2) is 21.6 Å². The zero-order chi connectivity index (χ0) is 22.3. The van der Waals surface area contributed by atoms with Crippen LogP contribution in [0.2, 0.25) is 0 Å². The van der Waals surface area contributed by atoms with Gasteiger partial charge in [-0.2, -0.15) is 9.78 Å². The molecule has 0 N–H and O–H groups in total. The van der Waals surface area contributed by atoms with Crippen LogP contribution in [0.4, 0.5) is 0 Å². The van der Waals surface area contributed by atoms with E-state index in [9.17, 15) is 0 Å². The van der Waals surface area contributed by atoms with Crippen LogP contribution in [0.25, 0.3) is 0 Å². The molecule has 29 heavy (non-hydrogen) atoms. The summed E-state index contributed by atoms with van der Waals surface area (Å²) in [6, 6.07) is 0.668. The van der Waals surface area contributed by atoms with Crippen molar-refractivity contribution in [2.75, 3.05) is 7.11 Å². The van der Waals surface area contributed by atoms with Crippen LogP contribution in [0.15, 0.2) is 12.4 Å². The zero-order valence-electron chi connectivity index (χ0n) is 20.8. The van der Waals surface area contributed by atoms with Gasteiger partial charge in [-0.15, -0.1) is 4.68 Å². The molecule has 0 saturated carbocycles. The summed E-state index contributed by atoms with van der Waals surface area (Å²) in [5, 5.41) is 4.76. The van der Waals surface area contributed by atoms with E-state index in [0.717, 1.165) is 12.3 Å². The predicted octanol–water partition coefficient (Wildman–Crippen LogP) is 5.54. The predicted molar refractivity (Wildman–Crippen MR) is 120 cm³/mol. The molecule has 0 aromatic carbocycles. The van der Waals surface area contributed by atoms with Crippen LogP contribution in [0.1, 0.15) is 111 Å². The maximum absolute atomic E-state index is 5.81. The van der Waals surface area contributed by atoms with Gasteiger partial charge < -0.3 is 4.74 Å². The second kappa shape index (κ2) is 8.16. The summed E-state index contributed by atoms with van der Waals surface area (Å²) in [6.07, 6.45) is 4.24. The Labute approximate surface area is 178 Å². The van der Waals surface area contributed by atoms with Gasteiger partial charge in [0.1, 0.15) is 5.69 Å². The summed E-state index contributed by atoms with van der Waals surface area (Å²) < 4.78 is 12.8. The number of hydrogen-bond donors (Lipinski definition) is 0. The van der Waals surface area contributed by atoms with Crippen molar-refractivity contribution in [1.82, 2.24) is 14.5 Å². The highest BCUT2D eigenvalue weighted by molar-refractivity contribution is 5.30. The second-order valence-corrected chi connectivity index (χ2v) is 10.9. The molecule has 0 aliphatic rings. The monoisotopic (exact) mass is 403 g/mol. The van der Waals surface area contributed by atoms with E-state index in [4.69, 9.17) is 9.84 Å². The Kier molecular flexibility index (Phi) is 6.61. The molecule has 0 saturated heterocycles. The quantitative estimate of drug-likeness (QED) is 0.569. The van der Waals surface area contributed by atoms with E-state index in [-0.39, 0.29) is 10.8 Å². The Bertz CT molecular complexity index is 806. The van der Waals surface area contributed by atoms with Gasteiger partial charge in [0, 0.05) is 11.5 Å². The Balaban J connectivity index is 2.65. The molecule has 0 unspecified atom stereocenters. The van der Waals surface area contributed by atoms with Crippen LogP contribution in [0.5, 0.6) is 5.75 Å². The van der Waals surface area contributed by atoms with Crippen molar-refractivity contribution in [3.05, 3.63) is 29.3 Å². The smallest absolute Gasteiger partial charge is 0.237 e. The molecule has 2 aromatic heterocycles. The van der Waals surface area contributed by atoms with Gasteiger partial charge in [-0.3, -0.25) is 4.68 Å². The molecule has 2 rings (SSSR count). The van der Waals surface area contributed by atoms with E-state index >= 15 is 0 Å². The lowest BCUT2D eigenvalue weighted by atomic mass is 9.83. The Morgan fingerprint density at radius 3 is 1.97 bits per heavy atom. The summed E-state index contributed by atoms with van der Waals surface area (Å²) >= 11 is 0. The van der Waals surface area contributed by atoms with Gasteiger partial charge in [0.25, 0.3) is 0 Å². The first-order valence-corrected chi connectivity index (χ1v) is 11.0. The lowest BCUT2D eigenvalue weighted by Gasteiger charge is -2.28. The molecule has 0 spiro atoms. The first-order valence-electron chi connectivity index (χ1n) is 11.0. The van der Waals surface area contributed by atoms with Gasteiger partial charge in [-0.1, -0.05) is 34.6 Å². The normalized spacial score (nSPS) is 13.2. The topological polar surface area (TPSA) is 35.9 Å². The molecule has 0 atom stereocenters. The van der Waals surface area contributed by atoms with Crippen molar-refractivity contribution in [2.24, 2.45) is 0 Å². The number of aromatic nitrogens is 4. The minimum Gasteiger partial charge on any atom is -0.489 e. The number of ether oxygens (including phenoxy) is 1. The maximum atomic E-state index is 5.81. The lowest BCUT2D eigenvalue weighted by Crippen LogP contribution is -2.51. The SMILES string of the molecule is COc1c[n+](CC(C)(C)c2c(C(C)C)cnn2C(C)C)n(C(C)C)c1C(C)(C)C. The van der Waals surface area contributed by atoms with E-state index < -0.39 is 0 Å². The van der Waals surface area contributed by atoms with Gasteiger partial charge in [-0.05, 0) is 53.0 Å². The van der Waals surface area contributed by atoms with Gasteiger partial charge in [-0.25, -0.2) is 0 Å². The fourth-order valence-corrected chi connectivity index (χ4v) is 4.41. The fourth-order valence-electron chi connectivity index (χ4n) is 4.41. The Morgan fingerprint density at radius 2 is 1.55 bits per heavy atom. The van der Waals surface area contributed by atoms with Crippen molar-refractivity contribution in [1.29, 1.82) is 0 Å². The van der Waals surface area contributed by atoms with E-state index in [0.29, 0.717) is 18.0 Å². The Hall–Kier alpha value is -1.78. The molecule has 2 heterocycles. The lowest BCUT2D eigenvalue weighted by molar-refractivity contribution is -0.784. The minimum absolute atomic E-state index is 0.00615. The third-order valence-corrected chi connectivity index (χ3v) is 5.56. The molecule has 0 amide bonds. The summed E-state index contributed by atoms with van der Waals surface area (Å²) in [6.45, 7) is 25.7. The van der Waals surface area contributed by atoms with Crippen LogP contribution >= 0.6 is 0 Å². The molecule has 164 valence electrons. The maximum Gasteiger partial charge on any atom is 0.237 e. The Morgan fingerprint density at radius 1 is 0.966 bits per heavy atom. The van der Waals surface area contributed by atoms with Crippen LogP contribution < -0.4 is 9.42 Å².